The summed E-state index contributed by atoms with van der Waals surface area (Å²) < 4.78 is 50.0. The van der Waals surface area contributed by atoms with Gasteiger partial charge in [-0.05, 0) is 19.4 Å². The molecule has 0 saturated heterocycles. The highest BCUT2D eigenvalue weighted by Crippen LogP contribution is 2.33. The maximum Gasteiger partial charge on any atom is 0.573 e. The standard InChI is InChI=1S/C20H20F3N5O3/c1-11-24-10-14-9-13(7-8-28(11)14)19(29)26-17(18-25-12(2)31-27-18)15-5-3-4-6-16(15)30-20(21,22)23/h3-6,10,13,17H,7-9H2,1-2H3,(H,26,29). The Hall–Kier alpha value is -3.37. The van der Waals surface area contributed by atoms with Crippen molar-refractivity contribution in [3.63, 3.8) is 0 Å². The van der Waals surface area contributed by atoms with Gasteiger partial charge in [0.1, 0.15) is 17.6 Å². The van der Waals surface area contributed by atoms with Crippen molar-refractivity contribution in [1.82, 2.24) is 25.0 Å². The van der Waals surface area contributed by atoms with Gasteiger partial charge in [-0.3, -0.25) is 4.79 Å². The van der Waals surface area contributed by atoms with Gasteiger partial charge in [0, 0.05) is 43.3 Å². The number of alkyl halides is 3. The number of aromatic nitrogens is 4. The molecule has 4 rings (SSSR count). The fraction of sp³-hybridized carbons (Fsp3) is 0.400. The van der Waals surface area contributed by atoms with E-state index in [2.05, 4.69) is 29.7 Å². The minimum absolute atomic E-state index is 0.0424. The molecule has 0 radical (unpaired) electrons. The molecule has 1 aliphatic heterocycles. The predicted octanol–water partition coefficient (Wildman–Crippen LogP) is 3.25. The van der Waals surface area contributed by atoms with Crippen LogP contribution in [0.5, 0.6) is 5.75 Å². The van der Waals surface area contributed by atoms with Crippen molar-refractivity contribution in [2.45, 2.75) is 45.6 Å². The summed E-state index contributed by atoms with van der Waals surface area (Å²) >= 11 is 0. The molecule has 3 heterocycles. The Morgan fingerprint density at radius 2 is 2.10 bits per heavy atom. The maximum absolute atomic E-state index is 13.1. The van der Waals surface area contributed by atoms with Crippen molar-refractivity contribution in [3.8, 4) is 5.75 Å². The van der Waals surface area contributed by atoms with E-state index in [4.69, 9.17) is 4.52 Å². The third-order valence-corrected chi connectivity index (χ3v) is 5.21. The number of nitrogens with zero attached hydrogens (tertiary/aromatic N) is 4. The van der Waals surface area contributed by atoms with Gasteiger partial charge in [-0.1, -0.05) is 23.4 Å². The highest BCUT2D eigenvalue weighted by molar-refractivity contribution is 5.80. The van der Waals surface area contributed by atoms with Crippen LogP contribution in [0, 0.1) is 19.8 Å². The number of imidazole rings is 1. The average molecular weight is 435 g/mol. The third kappa shape index (κ3) is 4.54. The number of para-hydroxylation sites is 1. The van der Waals surface area contributed by atoms with Crippen LogP contribution < -0.4 is 10.1 Å². The lowest BCUT2D eigenvalue weighted by Crippen LogP contribution is -2.38. The number of amides is 1. The minimum atomic E-state index is -4.89. The number of rotatable bonds is 5. The quantitative estimate of drug-likeness (QED) is 0.661. The van der Waals surface area contributed by atoms with Crippen LogP contribution in [0.15, 0.2) is 35.0 Å². The van der Waals surface area contributed by atoms with E-state index >= 15 is 0 Å². The molecule has 0 spiro atoms. The first-order chi connectivity index (χ1) is 14.7. The fourth-order valence-electron chi connectivity index (χ4n) is 3.76. The summed E-state index contributed by atoms with van der Waals surface area (Å²) in [5, 5.41) is 6.61. The van der Waals surface area contributed by atoms with Gasteiger partial charge in [-0.2, -0.15) is 4.98 Å². The zero-order valence-electron chi connectivity index (χ0n) is 16.8. The number of halogens is 3. The van der Waals surface area contributed by atoms with Crippen molar-refractivity contribution in [3.05, 3.63) is 59.3 Å². The lowest BCUT2D eigenvalue weighted by Gasteiger charge is -2.26. The molecule has 8 nitrogen and oxygen atoms in total. The van der Waals surface area contributed by atoms with Gasteiger partial charge in [0.2, 0.25) is 11.8 Å². The normalized spacial score (nSPS) is 17.1. The number of carbonyl (C=O) groups excluding carboxylic acids is 1. The summed E-state index contributed by atoms with van der Waals surface area (Å²) in [7, 11) is 0. The van der Waals surface area contributed by atoms with Crippen molar-refractivity contribution in [2.75, 3.05) is 0 Å². The highest BCUT2D eigenvalue weighted by Gasteiger charge is 2.35. The summed E-state index contributed by atoms with van der Waals surface area (Å²) in [5.41, 5.74) is 1.02. The third-order valence-electron chi connectivity index (χ3n) is 5.21. The Morgan fingerprint density at radius 3 is 2.81 bits per heavy atom. The summed E-state index contributed by atoms with van der Waals surface area (Å²) in [6.07, 6.45) is -2.10. The minimum Gasteiger partial charge on any atom is -0.405 e. The van der Waals surface area contributed by atoms with Crippen LogP contribution in [0.1, 0.15) is 41.3 Å². The summed E-state index contributed by atoms with van der Waals surface area (Å²) in [6.45, 7) is 4.09. The Morgan fingerprint density at radius 1 is 1.32 bits per heavy atom. The lowest BCUT2D eigenvalue weighted by atomic mass is 9.94. The van der Waals surface area contributed by atoms with Gasteiger partial charge in [-0.15, -0.1) is 13.2 Å². The van der Waals surface area contributed by atoms with E-state index < -0.39 is 18.2 Å². The Labute approximate surface area is 175 Å². The first kappa shape index (κ1) is 20.9. The summed E-state index contributed by atoms with van der Waals surface area (Å²) in [6, 6.07) is 4.49. The van der Waals surface area contributed by atoms with Gasteiger partial charge >= 0.3 is 6.36 Å². The second-order valence-electron chi connectivity index (χ2n) is 7.34. The van der Waals surface area contributed by atoms with E-state index in [0.29, 0.717) is 19.4 Å². The molecule has 164 valence electrons. The first-order valence-electron chi connectivity index (χ1n) is 9.67. The Kier molecular flexibility index (Phi) is 5.42. The van der Waals surface area contributed by atoms with Crippen LogP contribution in [0.2, 0.25) is 0 Å². The molecule has 1 aromatic carbocycles. The number of carbonyl (C=O) groups is 1. The summed E-state index contributed by atoms with van der Waals surface area (Å²) in [4.78, 5) is 21.5. The van der Waals surface area contributed by atoms with Crippen LogP contribution in [0.25, 0.3) is 0 Å². The SMILES string of the molecule is Cc1nc(C(NC(=O)C2CCn3c(cnc3C)C2)c2ccccc2OC(F)(F)F)no1. The van der Waals surface area contributed by atoms with Gasteiger partial charge in [0.05, 0.1) is 0 Å². The maximum atomic E-state index is 13.1. The van der Waals surface area contributed by atoms with Crippen molar-refractivity contribution in [1.29, 1.82) is 0 Å². The molecule has 31 heavy (non-hydrogen) atoms. The molecule has 0 aliphatic carbocycles. The zero-order chi connectivity index (χ0) is 22.2. The Bertz CT molecular complexity index is 1090. The fourth-order valence-corrected chi connectivity index (χ4v) is 3.76. The van der Waals surface area contributed by atoms with E-state index in [1.165, 1.54) is 18.2 Å². The van der Waals surface area contributed by atoms with Gasteiger partial charge in [0.25, 0.3) is 0 Å². The lowest BCUT2D eigenvalue weighted by molar-refractivity contribution is -0.275. The highest BCUT2D eigenvalue weighted by atomic mass is 19.4. The molecule has 3 aromatic rings. The molecule has 2 atom stereocenters. The van der Waals surface area contributed by atoms with E-state index in [-0.39, 0.29) is 29.1 Å². The predicted molar refractivity (Wildman–Crippen MR) is 101 cm³/mol. The summed E-state index contributed by atoms with van der Waals surface area (Å²) in [5.74, 6) is 0.0165. The number of aryl methyl sites for hydroxylation is 2. The number of nitrogens with one attached hydrogen (secondary N) is 1. The van der Waals surface area contributed by atoms with Crippen molar-refractivity contribution in [2.24, 2.45) is 5.92 Å². The molecule has 0 bridgehead atoms. The molecule has 0 saturated carbocycles. The van der Waals surface area contributed by atoms with Gasteiger partial charge in [-0.25, -0.2) is 4.98 Å². The molecule has 11 heteroatoms. The molecule has 1 aliphatic rings. The first-order valence-corrected chi connectivity index (χ1v) is 9.67. The second-order valence-corrected chi connectivity index (χ2v) is 7.34. The topological polar surface area (TPSA) is 95.1 Å². The number of fused-ring (bicyclic) bond motifs is 1. The Balaban J connectivity index is 1.62. The molecule has 1 N–H and O–H groups in total. The number of ether oxygens (including phenoxy) is 1. The van der Waals surface area contributed by atoms with Crippen LogP contribution in [-0.2, 0) is 17.8 Å². The zero-order valence-corrected chi connectivity index (χ0v) is 16.8. The van der Waals surface area contributed by atoms with Crippen LogP contribution >= 0.6 is 0 Å². The van der Waals surface area contributed by atoms with Crippen LogP contribution in [0.4, 0.5) is 13.2 Å². The largest absolute Gasteiger partial charge is 0.573 e. The molecule has 2 aromatic heterocycles. The monoisotopic (exact) mass is 435 g/mol. The van der Waals surface area contributed by atoms with Gasteiger partial charge < -0.3 is 19.1 Å². The molecule has 2 unspecified atom stereocenters. The van der Waals surface area contributed by atoms with Crippen LogP contribution in [0.3, 0.4) is 0 Å². The van der Waals surface area contributed by atoms with E-state index in [1.807, 2.05) is 6.92 Å². The number of hydrogen-bond donors (Lipinski definition) is 1. The van der Waals surface area contributed by atoms with E-state index in [0.717, 1.165) is 11.5 Å². The number of hydrogen-bond acceptors (Lipinski definition) is 6. The molecule has 1 amide bonds. The molecule has 0 fully saturated rings. The average Bonchev–Trinajstić information content (AvgIpc) is 3.31. The van der Waals surface area contributed by atoms with Crippen molar-refractivity contribution < 1.29 is 27.2 Å². The van der Waals surface area contributed by atoms with Crippen LogP contribution in [-0.4, -0.2) is 32.0 Å². The van der Waals surface area contributed by atoms with E-state index in [9.17, 15) is 18.0 Å². The molecular weight excluding hydrogens is 415 g/mol. The second kappa shape index (κ2) is 8.05. The van der Waals surface area contributed by atoms with E-state index in [1.54, 1.807) is 19.2 Å². The smallest absolute Gasteiger partial charge is 0.405 e. The molecular formula is C20H20F3N5O3. The van der Waals surface area contributed by atoms with Gasteiger partial charge in [0.15, 0.2) is 5.82 Å². The van der Waals surface area contributed by atoms with Crippen molar-refractivity contribution >= 4 is 5.91 Å². The number of benzene rings is 1.